The summed E-state index contributed by atoms with van der Waals surface area (Å²) >= 11 is 7.47. The predicted octanol–water partition coefficient (Wildman–Crippen LogP) is 4.70. The number of fused-ring (bicyclic) bond motifs is 1. The zero-order valence-corrected chi connectivity index (χ0v) is 13.1. The molecule has 0 radical (unpaired) electrons. The second kappa shape index (κ2) is 5.16. The third kappa shape index (κ3) is 2.43. The number of aromatic carboxylic acids is 1. The zero-order valence-electron chi connectivity index (χ0n) is 11.5. The average Bonchev–Trinajstić information content (AvgIpc) is 3.04. The molecule has 0 saturated heterocycles. The van der Waals surface area contributed by atoms with Gasteiger partial charge in [-0.05, 0) is 32.0 Å². The van der Waals surface area contributed by atoms with Gasteiger partial charge in [0.25, 0.3) is 0 Å². The Balaban J connectivity index is 2.12. The molecule has 2 heterocycles. The number of rotatable bonds is 3. The highest BCUT2D eigenvalue weighted by Crippen LogP contribution is 2.33. The number of carboxylic acid groups (broad SMARTS) is 1. The number of hydrogen-bond donors (Lipinski definition) is 1. The predicted molar refractivity (Wildman–Crippen MR) is 85.4 cm³/mol. The molecule has 0 amide bonds. The van der Waals surface area contributed by atoms with Crippen molar-refractivity contribution in [3.05, 3.63) is 40.5 Å². The minimum atomic E-state index is -0.955. The van der Waals surface area contributed by atoms with Gasteiger partial charge in [-0.2, -0.15) is 0 Å². The van der Waals surface area contributed by atoms with Crippen molar-refractivity contribution in [2.24, 2.45) is 0 Å². The van der Waals surface area contributed by atoms with Crippen molar-refractivity contribution in [3.63, 3.8) is 0 Å². The Kier molecular flexibility index (Phi) is 3.47. The molecule has 0 aliphatic heterocycles. The molecule has 2 aromatic heterocycles. The number of halogens is 1. The van der Waals surface area contributed by atoms with Gasteiger partial charge in [-0.3, -0.25) is 0 Å². The maximum absolute atomic E-state index is 10.9. The van der Waals surface area contributed by atoms with Crippen LogP contribution in [0.1, 0.15) is 29.6 Å². The summed E-state index contributed by atoms with van der Waals surface area (Å²) in [4.78, 5) is 15.3. The number of carboxylic acids is 1. The Bertz CT molecular complexity index is 835. The number of nitrogens with zero attached hydrogens (tertiary/aromatic N) is 2. The van der Waals surface area contributed by atoms with E-state index in [9.17, 15) is 4.79 Å². The van der Waals surface area contributed by atoms with Crippen LogP contribution in [0.3, 0.4) is 0 Å². The summed E-state index contributed by atoms with van der Waals surface area (Å²) in [5.41, 5.74) is 1.94. The molecule has 3 aromatic rings. The minimum absolute atomic E-state index is 0.232. The van der Waals surface area contributed by atoms with Crippen LogP contribution in [-0.4, -0.2) is 20.6 Å². The van der Waals surface area contributed by atoms with Crippen molar-refractivity contribution in [1.29, 1.82) is 0 Å². The number of thiazole rings is 1. The molecule has 0 saturated carbocycles. The van der Waals surface area contributed by atoms with Gasteiger partial charge < -0.3 is 9.67 Å². The summed E-state index contributed by atoms with van der Waals surface area (Å²) in [5, 5.41) is 11.3. The second-order valence-corrected chi connectivity index (χ2v) is 6.48. The number of aromatic nitrogens is 2. The average molecular weight is 321 g/mol. The number of hydrogen-bond acceptors (Lipinski definition) is 3. The maximum Gasteiger partial charge on any atom is 0.347 e. The van der Waals surface area contributed by atoms with E-state index in [1.807, 2.05) is 24.4 Å². The number of benzene rings is 1. The van der Waals surface area contributed by atoms with Gasteiger partial charge in [0, 0.05) is 28.7 Å². The molecule has 0 bridgehead atoms. The monoisotopic (exact) mass is 320 g/mol. The molecule has 0 aliphatic carbocycles. The third-order valence-corrected chi connectivity index (χ3v) is 4.64. The normalized spacial score (nSPS) is 11.4. The highest BCUT2D eigenvalue weighted by Gasteiger charge is 2.13. The molecule has 108 valence electrons. The van der Waals surface area contributed by atoms with Crippen LogP contribution in [-0.2, 0) is 0 Å². The third-order valence-electron chi connectivity index (χ3n) is 3.30. The fourth-order valence-corrected chi connectivity index (χ4v) is 3.29. The summed E-state index contributed by atoms with van der Waals surface area (Å²) in [6.45, 7) is 4.20. The molecule has 0 spiro atoms. The van der Waals surface area contributed by atoms with Crippen molar-refractivity contribution in [2.45, 2.75) is 19.9 Å². The molecule has 0 atom stereocenters. The van der Waals surface area contributed by atoms with Gasteiger partial charge in [0.15, 0.2) is 0 Å². The number of carbonyl (C=O) groups is 1. The first kappa shape index (κ1) is 14.1. The van der Waals surface area contributed by atoms with E-state index in [0.29, 0.717) is 16.1 Å². The van der Waals surface area contributed by atoms with Crippen LogP contribution in [0.5, 0.6) is 0 Å². The largest absolute Gasteiger partial charge is 0.477 e. The lowest BCUT2D eigenvalue weighted by atomic mass is 10.1. The lowest BCUT2D eigenvalue weighted by Gasteiger charge is -2.09. The van der Waals surface area contributed by atoms with Gasteiger partial charge in [-0.15, -0.1) is 11.3 Å². The lowest BCUT2D eigenvalue weighted by molar-refractivity contribution is 0.0702. The van der Waals surface area contributed by atoms with Crippen LogP contribution < -0.4 is 0 Å². The molecule has 0 aliphatic rings. The van der Waals surface area contributed by atoms with E-state index < -0.39 is 5.97 Å². The highest BCUT2D eigenvalue weighted by atomic mass is 35.5. The summed E-state index contributed by atoms with van der Waals surface area (Å²) < 4.78 is 2.12. The van der Waals surface area contributed by atoms with Crippen LogP contribution >= 0.6 is 22.9 Å². The van der Waals surface area contributed by atoms with Gasteiger partial charge in [0.1, 0.15) is 9.88 Å². The lowest BCUT2D eigenvalue weighted by Crippen LogP contribution is -1.97. The Morgan fingerprint density at radius 2 is 2.19 bits per heavy atom. The van der Waals surface area contributed by atoms with Crippen molar-refractivity contribution < 1.29 is 9.90 Å². The van der Waals surface area contributed by atoms with Crippen molar-refractivity contribution in [1.82, 2.24) is 9.55 Å². The Labute approximate surface area is 130 Å². The van der Waals surface area contributed by atoms with E-state index in [1.165, 1.54) is 6.20 Å². The fraction of sp³-hybridized carbons (Fsp3) is 0.200. The first-order valence-corrected chi connectivity index (χ1v) is 7.66. The molecule has 0 fully saturated rings. The molecule has 6 heteroatoms. The van der Waals surface area contributed by atoms with Crippen LogP contribution in [0.25, 0.3) is 21.5 Å². The van der Waals surface area contributed by atoms with Gasteiger partial charge in [0.05, 0.1) is 11.2 Å². The molecular formula is C15H13ClN2O2S. The SMILES string of the molecule is CC(C)n1cc(Cl)c2cc(-c3ncc(C(=O)O)s3)ccc21. The van der Waals surface area contributed by atoms with Crippen molar-refractivity contribution in [3.8, 4) is 10.6 Å². The first-order chi connectivity index (χ1) is 9.97. The van der Waals surface area contributed by atoms with Crippen LogP contribution in [0, 0.1) is 0 Å². The standard InChI is InChI=1S/C15H13ClN2O2S/c1-8(2)18-7-11(16)10-5-9(3-4-12(10)18)14-17-6-13(21-14)15(19)20/h3-8H,1-2H3,(H,19,20). The Hall–Kier alpha value is -1.85. The van der Waals surface area contributed by atoms with E-state index in [0.717, 1.165) is 27.8 Å². The van der Waals surface area contributed by atoms with E-state index in [4.69, 9.17) is 16.7 Å². The molecule has 3 rings (SSSR count). The fourth-order valence-electron chi connectivity index (χ4n) is 2.28. The summed E-state index contributed by atoms with van der Waals surface area (Å²) in [7, 11) is 0. The molecule has 0 unspecified atom stereocenters. The molecule has 1 aromatic carbocycles. The first-order valence-electron chi connectivity index (χ1n) is 6.47. The Morgan fingerprint density at radius 1 is 1.43 bits per heavy atom. The summed E-state index contributed by atoms with van der Waals surface area (Å²) in [6.07, 6.45) is 3.30. The maximum atomic E-state index is 10.9. The second-order valence-electron chi connectivity index (χ2n) is 5.04. The van der Waals surface area contributed by atoms with Crippen molar-refractivity contribution >= 4 is 39.8 Å². The van der Waals surface area contributed by atoms with E-state index >= 15 is 0 Å². The summed E-state index contributed by atoms with van der Waals surface area (Å²) in [6, 6.07) is 6.23. The van der Waals surface area contributed by atoms with Crippen molar-refractivity contribution in [2.75, 3.05) is 0 Å². The minimum Gasteiger partial charge on any atom is -0.477 e. The van der Waals surface area contributed by atoms with E-state index in [1.54, 1.807) is 0 Å². The topological polar surface area (TPSA) is 55.1 Å². The molecule has 1 N–H and O–H groups in total. The summed E-state index contributed by atoms with van der Waals surface area (Å²) in [5.74, 6) is -0.955. The van der Waals surface area contributed by atoms with Gasteiger partial charge in [-0.1, -0.05) is 11.6 Å². The van der Waals surface area contributed by atoms with Gasteiger partial charge >= 0.3 is 5.97 Å². The van der Waals surface area contributed by atoms with Crippen LogP contribution in [0.4, 0.5) is 0 Å². The zero-order chi connectivity index (χ0) is 15.1. The molecular weight excluding hydrogens is 308 g/mol. The quantitative estimate of drug-likeness (QED) is 0.761. The van der Waals surface area contributed by atoms with Gasteiger partial charge in [0.2, 0.25) is 0 Å². The van der Waals surface area contributed by atoms with Crippen LogP contribution in [0.2, 0.25) is 5.02 Å². The van der Waals surface area contributed by atoms with Gasteiger partial charge in [-0.25, -0.2) is 9.78 Å². The van der Waals surface area contributed by atoms with E-state index in [2.05, 4.69) is 23.4 Å². The molecule has 21 heavy (non-hydrogen) atoms. The highest BCUT2D eigenvalue weighted by molar-refractivity contribution is 7.16. The Morgan fingerprint density at radius 3 is 2.81 bits per heavy atom. The van der Waals surface area contributed by atoms with E-state index in [-0.39, 0.29) is 4.88 Å². The smallest absolute Gasteiger partial charge is 0.347 e. The molecule has 4 nitrogen and oxygen atoms in total. The van der Waals surface area contributed by atoms with Crippen LogP contribution in [0.15, 0.2) is 30.6 Å².